The minimum atomic E-state index is -4.64. The molecule has 0 amide bonds. The second kappa shape index (κ2) is 67.1. The largest absolute Gasteiger partial charge is 0.756 e. The molecule has 0 aromatic carbocycles. The van der Waals surface area contributed by atoms with Gasteiger partial charge in [0.15, 0.2) is 6.10 Å². The summed E-state index contributed by atoms with van der Waals surface area (Å²) in [6.07, 6.45) is 89.0. The maximum Gasteiger partial charge on any atom is 0.306 e. The number of ether oxygens (including phenoxy) is 2. The second-order valence-electron chi connectivity index (χ2n) is 26.3. The maximum absolute atomic E-state index is 12.9. The zero-order chi connectivity index (χ0) is 62.6. The lowest BCUT2D eigenvalue weighted by atomic mass is 10.0. The molecule has 0 bridgehead atoms. The van der Waals surface area contributed by atoms with Crippen molar-refractivity contribution in [3.05, 3.63) is 60.8 Å². The average Bonchev–Trinajstić information content (AvgIpc) is 3.53. The van der Waals surface area contributed by atoms with Gasteiger partial charge >= 0.3 is 11.9 Å². The van der Waals surface area contributed by atoms with Crippen molar-refractivity contribution in [2.75, 3.05) is 47.5 Å². The lowest BCUT2D eigenvalue weighted by molar-refractivity contribution is -0.870. The van der Waals surface area contributed by atoms with Crippen LogP contribution in [0.15, 0.2) is 60.8 Å². The van der Waals surface area contributed by atoms with Gasteiger partial charge in [-0.25, -0.2) is 0 Å². The summed E-state index contributed by atoms with van der Waals surface area (Å²) in [5, 5.41) is 0. The van der Waals surface area contributed by atoms with Gasteiger partial charge in [-0.05, 0) is 57.8 Å². The van der Waals surface area contributed by atoms with E-state index in [9.17, 15) is 19.0 Å². The lowest BCUT2D eigenvalue weighted by Crippen LogP contribution is -2.37. The van der Waals surface area contributed by atoms with Crippen LogP contribution in [-0.2, 0) is 32.7 Å². The Balaban J connectivity index is 3.96. The van der Waals surface area contributed by atoms with E-state index in [0.717, 1.165) is 77.0 Å². The third-order valence-corrected chi connectivity index (χ3v) is 17.5. The van der Waals surface area contributed by atoms with E-state index in [4.69, 9.17) is 18.5 Å². The van der Waals surface area contributed by atoms with Crippen molar-refractivity contribution >= 4 is 19.8 Å². The predicted octanol–water partition coefficient (Wildman–Crippen LogP) is 23.5. The number of hydrogen-bond acceptors (Lipinski definition) is 8. The lowest BCUT2D eigenvalue weighted by Gasteiger charge is -2.28. The van der Waals surface area contributed by atoms with Crippen LogP contribution in [0, 0.1) is 0 Å². The molecule has 0 saturated carbocycles. The van der Waals surface area contributed by atoms with Crippen molar-refractivity contribution < 1.29 is 42.1 Å². The molecule has 0 N–H and O–H groups in total. The number of nitrogens with zero attached hydrogens (tertiary/aromatic N) is 1. The maximum atomic E-state index is 12.9. The second-order valence-corrected chi connectivity index (χ2v) is 27.7. The first-order valence-corrected chi connectivity index (χ1v) is 38.5. The molecule has 0 rings (SSSR count). The predicted molar refractivity (Wildman–Crippen MR) is 370 cm³/mol. The Morgan fingerprint density at radius 1 is 0.372 bits per heavy atom. The van der Waals surface area contributed by atoms with Crippen LogP contribution in [-0.4, -0.2) is 70.0 Å². The number of allylic oxidation sites excluding steroid dienone is 10. The molecule has 0 fully saturated rings. The van der Waals surface area contributed by atoms with Crippen LogP contribution in [0.1, 0.15) is 361 Å². The number of likely N-dealkylation sites (N-methyl/N-ethyl adjacent to an activating group) is 1. The molecular weight excluding hydrogens is 1090 g/mol. The summed E-state index contributed by atoms with van der Waals surface area (Å²) in [7, 11) is 1.18. The molecule has 0 aromatic heterocycles. The van der Waals surface area contributed by atoms with Crippen LogP contribution in [0.5, 0.6) is 0 Å². The molecular formula is C76H142NO8P. The van der Waals surface area contributed by atoms with Gasteiger partial charge in [-0.1, -0.05) is 351 Å². The highest BCUT2D eigenvalue weighted by molar-refractivity contribution is 7.45. The van der Waals surface area contributed by atoms with Crippen LogP contribution in [0.3, 0.4) is 0 Å². The minimum absolute atomic E-state index is 0.0313. The summed E-state index contributed by atoms with van der Waals surface area (Å²) in [5.41, 5.74) is 0. The molecule has 0 aromatic rings. The number of hydrogen-bond donors (Lipinski definition) is 0. The van der Waals surface area contributed by atoms with Gasteiger partial charge in [-0.3, -0.25) is 14.2 Å². The average molecular weight is 1230 g/mol. The highest BCUT2D eigenvalue weighted by atomic mass is 31.2. The van der Waals surface area contributed by atoms with Crippen molar-refractivity contribution in [3.63, 3.8) is 0 Å². The Bertz CT molecular complexity index is 1630. The van der Waals surface area contributed by atoms with Crippen LogP contribution < -0.4 is 4.89 Å². The van der Waals surface area contributed by atoms with Gasteiger partial charge in [0, 0.05) is 12.8 Å². The summed E-state index contributed by atoms with van der Waals surface area (Å²) in [5.74, 6) is -0.821. The number of quaternary nitrogens is 1. The zero-order valence-electron chi connectivity index (χ0n) is 57.5. The van der Waals surface area contributed by atoms with Gasteiger partial charge in [0.2, 0.25) is 0 Å². The third kappa shape index (κ3) is 70.8. The Hall–Kier alpha value is -2.29. The summed E-state index contributed by atoms with van der Waals surface area (Å²) in [4.78, 5) is 38.1. The number of carbonyl (C=O) groups is 2. The van der Waals surface area contributed by atoms with E-state index in [1.54, 1.807) is 0 Å². The fourth-order valence-electron chi connectivity index (χ4n) is 10.9. The third-order valence-electron chi connectivity index (χ3n) is 16.6. The summed E-state index contributed by atoms with van der Waals surface area (Å²) in [6, 6.07) is 0. The van der Waals surface area contributed by atoms with Gasteiger partial charge in [-0.15, -0.1) is 0 Å². The van der Waals surface area contributed by atoms with Crippen molar-refractivity contribution in [1.29, 1.82) is 0 Å². The topological polar surface area (TPSA) is 111 Å². The summed E-state index contributed by atoms with van der Waals surface area (Å²) < 4.78 is 34.4. The van der Waals surface area contributed by atoms with Gasteiger partial charge < -0.3 is 27.9 Å². The number of phosphoric acid groups is 1. The van der Waals surface area contributed by atoms with Gasteiger partial charge in [0.25, 0.3) is 7.82 Å². The Kier molecular flexibility index (Phi) is 65.3. The quantitative estimate of drug-likeness (QED) is 0.0195. The van der Waals surface area contributed by atoms with E-state index in [0.29, 0.717) is 17.4 Å². The van der Waals surface area contributed by atoms with Crippen molar-refractivity contribution in [1.82, 2.24) is 0 Å². The van der Waals surface area contributed by atoms with E-state index in [1.807, 2.05) is 21.1 Å². The molecule has 2 atom stereocenters. The van der Waals surface area contributed by atoms with Crippen molar-refractivity contribution in [3.8, 4) is 0 Å². The SMILES string of the molecule is CC/C=C\C/C=C\C/C=C\C/C=C\C/C=C\CCCCCCCCCCCCCC(=O)OC(COC(=O)CCCCCCCCCCCCCCCCCCCCCCCCCCCCCCCCCCCCC)COP(=O)([O-])OCC[N+](C)(C)C. The van der Waals surface area contributed by atoms with Gasteiger partial charge in [-0.2, -0.15) is 0 Å². The molecule has 0 aliphatic heterocycles. The summed E-state index contributed by atoms with van der Waals surface area (Å²) >= 11 is 0. The Morgan fingerprint density at radius 2 is 0.663 bits per heavy atom. The van der Waals surface area contributed by atoms with Crippen LogP contribution >= 0.6 is 7.82 Å². The molecule has 0 heterocycles. The fraction of sp³-hybridized carbons (Fsp3) is 0.842. The monoisotopic (exact) mass is 1230 g/mol. The van der Waals surface area contributed by atoms with Crippen LogP contribution in [0.25, 0.3) is 0 Å². The smallest absolute Gasteiger partial charge is 0.306 e. The van der Waals surface area contributed by atoms with E-state index < -0.39 is 26.5 Å². The number of esters is 2. The zero-order valence-corrected chi connectivity index (χ0v) is 58.4. The first kappa shape index (κ1) is 83.7. The Morgan fingerprint density at radius 3 is 0.988 bits per heavy atom. The molecule has 504 valence electrons. The number of carbonyl (C=O) groups excluding carboxylic acids is 2. The molecule has 9 nitrogen and oxygen atoms in total. The molecule has 2 unspecified atom stereocenters. The first-order valence-electron chi connectivity index (χ1n) is 37.0. The number of rotatable bonds is 69. The fourth-order valence-corrected chi connectivity index (χ4v) is 11.7. The van der Waals surface area contributed by atoms with Gasteiger partial charge in [0.1, 0.15) is 19.8 Å². The standard InChI is InChI=1S/C76H142NO8P/c1-6-8-10-12-14-16-18-20-22-24-26-28-30-32-34-35-36-37-38-39-40-41-43-44-46-48-50-52-54-56-58-60-62-64-66-68-75(78)82-72-74(73-84-86(80,81)83-71-70-77(3,4)5)85-76(79)69-67-65-63-61-59-57-55-53-51-49-47-45-42-33-31-29-27-25-23-21-19-17-15-13-11-9-7-2/h9,11,15,17,21,23,27,29,33,42,74H,6-8,10,12-14,16,18-20,22,24-26,28,30-32,34-41,43-73H2,1-5H3/b11-9-,17-15-,23-21-,29-27-,42-33-. The molecule has 0 spiro atoms. The first-order chi connectivity index (χ1) is 42.0. The van der Waals surface area contributed by atoms with E-state index >= 15 is 0 Å². The van der Waals surface area contributed by atoms with Gasteiger partial charge in [0.05, 0.1) is 27.7 Å². The molecule has 10 heteroatoms. The molecule has 0 aliphatic rings. The molecule has 0 saturated heterocycles. The number of phosphoric ester groups is 1. The normalized spacial score (nSPS) is 13.4. The number of unbranched alkanes of at least 4 members (excludes halogenated alkanes) is 45. The summed E-state index contributed by atoms with van der Waals surface area (Å²) in [6.45, 7) is 4.18. The Labute approximate surface area is 534 Å². The molecule has 86 heavy (non-hydrogen) atoms. The molecule has 0 aliphatic carbocycles. The van der Waals surface area contributed by atoms with E-state index in [-0.39, 0.29) is 32.0 Å². The highest BCUT2D eigenvalue weighted by Gasteiger charge is 2.22. The highest BCUT2D eigenvalue weighted by Crippen LogP contribution is 2.38. The van der Waals surface area contributed by atoms with Crippen LogP contribution in [0.2, 0.25) is 0 Å². The van der Waals surface area contributed by atoms with Crippen LogP contribution in [0.4, 0.5) is 0 Å². The van der Waals surface area contributed by atoms with E-state index in [1.165, 1.54) is 250 Å². The van der Waals surface area contributed by atoms with Crippen molar-refractivity contribution in [2.45, 2.75) is 367 Å². The van der Waals surface area contributed by atoms with Crippen molar-refractivity contribution in [2.24, 2.45) is 0 Å². The molecule has 0 radical (unpaired) electrons. The minimum Gasteiger partial charge on any atom is -0.756 e. The van der Waals surface area contributed by atoms with E-state index in [2.05, 4.69) is 74.6 Å².